The van der Waals surface area contributed by atoms with E-state index in [9.17, 15) is 19.2 Å². The molecule has 202 valence electrons. The molecular formula is C28H45N3O5. The highest BCUT2D eigenvalue weighted by atomic mass is 16.5. The van der Waals surface area contributed by atoms with Crippen LogP contribution in [0.4, 0.5) is 0 Å². The zero-order chi connectivity index (χ0) is 28.0. The van der Waals surface area contributed by atoms with Gasteiger partial charge >= 0.3 is 5.97 Å². The minimum absolute atomic E-state index is 0.0224. The van der Waals surface area contributed by atoms with Gasteiger partial charge in [-0.25, -0.2) is 0 Å². The molecule has 1 saturated heterocycles. The summed E-state index contributed by atoms with van der Waals surface area (Å²) in [5.74, 6) is -2.43. The van der Waals surface area contributed by atoms with Crippen molar-refractivity contribution in [1.82, 2.24) is 15.5 Å². The summed E-state index contributed by atoms with van der Waals surface area (Å²) in [5, 5.41) is 5.33. The van der Waals surface area contributed by atoms with Gasteiger partial charge in [-0.2, -0.15) is 0 Å². The molecule has 0 unspecified atom stereocenters. The van der Waals surface area contributed by atoms with Crippen molar-refractivity contribution in [2.24, 2.45) is 17.3 Å². The average molecular weight is 504 g/mol. The summed E-state index contributed by atoms with van der Waals surface area (Å²) in [7, 11) is 1.52. The van der Waals surface area contributed by atoms with Gasteiger partial charge in [0.1, 0.15) is 24.7 Å². The van der Waals surface area contributed by atoms with E-state index in [4.69, 9.17) is 4.74 Å². The van der Waals surface area contributed by atoms with Crippen molar-refractivity contribution in [2.75, 3.05) is 13.6 Å². The van der Waals surface area contributed by atoms with Crippen LogP contribution in [-0.2, 0) is 23.9 Å². The number of amides is 3. The Labute approximate surface area is 216 Å². The van der Waals surface area contributed by atoms with Gasteiger partial charge in [0.25, 0.3) is 0 Å². The standard InChI is InChI=1S/C28H45N3O5/c1-16(2)24-26(34)29-15-23(33)36-25(19(5)12-17(3)14-28(8,9)10)20(6)18(4)13-22(32)30-21(7)27(35)31(24)11/h12,14,16,20-21,24-25H,4,13,15H2,1-3,5-11H3,(H,29,34)(H,30,32)/b17-14+,19-12+/t20-,21+,24+,25+/m1/s1. The molecule has 2 N–H and O–H groups in total. The molecule has 1 aliphatic rings. The number of likely N-dealkylation sites (N-methyl/N-ethyl adjacent to an activating group) is 1. The van der Waals surface area contributed by atoms with Crippen molar-refractivity contribution in [3.63, 3.8) is 0 Å². The van der Waals surface area contributed by atoms with Crippen LogP contribution in [0.3, 0.4) is 0 Å². The Kier molecular flexibility index (Phi) is 11.1. The maximum Gasteiger partial charge on any atom is 0.326 e. The number of esters is 1. The van der Waals surface area contributed by atoms with E-state index in [0.29, 0.717) is 5.57 Å². The van der Waals surface area contributed by atoms with Gasteiger partial charge in [-0.05, 0) is 37.7 Å². The minimum atomic E-state index is -0.828. The number of hydrogen-bond donors (Lipinski definition) is 2. The third-order valence-corrected chi connectivity index (χ3v) is 6.13. The topological polar surface area (TPSA) is 105 Å². The van der Waals surface area contributed by atoms with Crippen LogP contribution in [0, 0.1) is 17.3 Å². The Morgan fingerprint density at radius 3 is 2.25 bits per heavy atom. The summed E-state index contributed by atoms with van der Waals surface area (Å²) in [5.41, 5.74) is 2.37. The second-order valence-electron chi connectivity index (χ2n) is 11.3. The van der Waals surface area contributed by atoms with Crippen LogP contribution in [0.1, 0.15) is 68.7 Å². The van der Waals surface area contributed by atoms with E-state index in [1.807, 2.05) is 40.7 Å². The van der Waals surface area contributed by atoms with Crippen molar-refractivity contribution in [3.8, 4) is 0 Å². The third-order valence-electron chi connectivity index (χ3n) is 6.13. The smallest absolute Gasteiger partial charge is 0.326 e. The maximum absolute atomic E-state index is 12.9. The number of nitrogens with one attached hydrogen (secondary N) is 2. The third kappa shape index (κ3) is 9.28. The highest BCUT2D eigenvalue weighted by Gasteiger charge is 2.34. The van der Waals surface area contributed by atoms with Gasteiger partial charge in [0.15, 0.2) is 0 Å². The van der Waals surface area contributed by atoms with Gasteiger partial charge in [0.05, 0.1) is 0 Å². The van der Waals surface area contributed by atoms with Gasteiger partial charge in [-0.15, -0.1) is 0 Å². The molecule has 0 spiro atoms. The predicted molar refractivity (Wildman–Crippen MR) is 142 cm³/mol. The lowest BCUT2D eigenvalue weighted by molar-refractivity contribution is -0.149. The number of nitrogens with zero attached hydrogens (tertiary/aromatic N) is 1. The molecule has 8 nitrogen and oxygen atoms in total. The molecule has 0 aliphatic carbocycles. The fourth-order valence-corrected chi connectivity index (χ4v) is 4.51. The SMILES string of the molecule is C=C1CC(=O)N[C@@H](C)C(=O)N(C)[C@@H](C(C)C)C(=O)NCC(=O)O[C@@H](/C(C)=C/C(C)=C/C(C)(C)C)[C@@H]1C. The molecule has 0 aromatic carbocycles. The Bertz CT molecular complexity index is 926. The van der Waals surface area contributed by atoms with Crippen LogP contribution in [-0.4, -0.2) is 60.4 Å². The van der Waals surface area contributed by atoms with Crippen molar-refractivity contribution in [1.29, 1.82) is 0 Å². The first-order valence-electron chi connectivity index (χ1n) is 12.5. The van der Waals surface area contributed by atoms with Crippen LogP contribution in [0.25, 0.3) is 0 Å². The van der Waals surface area contributed by atoms with E-state index in [2.05, 4.69) is 44.1 Å². The molecule has 36 heavy (non-hydrogen) atoms. The lowest BCUT2D eigenvalue weighted by Crippen LogP contribution is -2.55. The highest BCUT2D eigenvalue weighted by molar-refractivity contribution is 5.93. The van der Waals surface area contributed by atoms with Crippen molar-refractivity contribution >= 4 is 23.7 Å². The molecule has 0 radical (unpaired) electrons. The molecular weight excluding hydrogens is 458 g/mol. The van der Waals surface area contributed by atoms with Crippen LogP contribution < -0.4 is 10.6 Å². The molecule has 0 aromatic rings. The summed E-state index contributed by atoms with van der Waals surface area (Å²) >= 11 is 0. The number of carbonyl (C=O) groups excluding carboxylic acids is 4. The first kappa shape index (κ1) is 31.1. The molecule has 1 fully saturated rings. The Morgan fingerprint density at radius 2 is 1.72 bits per heavy atom. The van der Waals surface area contributed by atoms with Crippen LogP contribution in [0.5, 0.6) is 0 Å². The van der Waals surface area contributed by atoms with Gasteiger partial charge in [0.2, 0.25) is 17.7 Å². The van der Waals surface area contributed by atoms with Crippen molar-refractivity contribution in [3.05, 3.63) is 35.5 Å². The monoisotopic (exact) mass is 503 g/mol. The molecule has 3 amide bonds. The van der Waals surface area contributed by atoms with E-state index < -0.39 is 36.0 Å². The molecule has 8 heteroatoms. The highest BCUT2D eigenvalue weighted by Crippen LogP contribution is 2.27. The molecule has 0 saturated carbocycles. The molecule has 0 bridgehead atoms. The first-order valence-corrected chi connectivity index (χ1v) is 12.5. The second-order valence-corrected chi connectivity index (χ2v) is 11.3. The van der Waals surface area contributed by atoms with E-state index in [1.165, 1.54) is 11.9 Å². The summed E-state index contributed by atoms with van der Waals surface area (Å²) in [6.45, 7) is 21.0. The lowest BCUT2D eigenvalue weighted by atomic mass is 9.88. The van der Waals surface area contributed by atoms with Crippen LogP contribution >= 0.6 is 0 Å². The van der Waals surface area contributed by atoms with Gasteiger partial charge in [0, 0.05) is 19.4 Å². The fraction of sp³-hybridized carbons (Fsp3) is 0.643. The fourth-order valence-electron chi connectivity index (χ4n) is 4.51. The van der Waals surface area contributed by atoms with E-state index in [1.54, 1.807) is 6.92 Å². The van der Waals surface area contributed by atoms with Gasteiger partial charge < -0.3 is 20.3 Å². The number of cyclic esters (lactones) is 1. The first-order chi connectivity index (χ1) is 16.4. The largest absolute Gasteiger partial charge is 0.456 e. The minimum Gasteiger partial charge on any atom is -0.456 e. The average Bonchev–Trinajstić information content (AvgIpc) is 2.72. The summed E-state index contributed by atoms with van der Waals surface area (Å²) in [6.07, 6.45) is 3.39. The van der Waals surface area contributed by atoms with Crippen LogP contribution in [0.15, 0.2) is 35.5 Å². The molecule has 0 aromatic heterocycles. The van der Waals surface area contributed by atoms with Gasteiger partial charge in [-0.1, -0.05) is 71.4 Å². The lowest BCUT2D eigenvalue weighted by Gasteiger charge is -2.32. The van der Waals surface area contributed by atoms with Crippen LogP contribution in [0.2, 0.25) is 0 Å². The summed E-state index contributed by atoms with van der Waals surface area (Å²) in [4.78, 5) is 52.8. The van der Waals surface area contributed by atoms with Crippen molar-refractivity contribution in [2.45, 2.75) is 86.9 Å². The normalized spacial score (nSPS) is 26.8. The molecule has 1 aliphatic heterocycles. The zero-order valence-corrected chi connectivity index (χ0v) is 23.7. The maximum atomic E-state index is 12.9. The number of ether oxygens (including phenoxy) is 1. The van der Waals surface area contributed by atoms with E-state index in [0.717, 1.165) is 11.1 Å². The second kappa shape index (κ2) is 12.9. The number of rotatable bonds is 3. The number of allylic oxidation sites excluding steroid dienone is 3. The Balaban J connectivity index is 3.40. The molecule has 4 atom stereocenters. The summed E-state index contributed by atoms with van der Waals surface area (Å²) in [6, 6.07) is -1.64. The number of carbonyl (C=O) groups is 4. The number of hydrogen-bond acceptors (Lipinski definition) is 5. The zero-order valence-electron chi connectivity index (χ0n) is 23.7. The quantitative estimate of drug-likeness (QED) is 0.348. The Hall–Kier alpha value is -2.90. The van der Waals surface area contributed by atoms with E-state index >= 15 is 0 Å². The Morgan fingerprint density at radius 1 is 1.14 bits per heavy atom. The predicted octanol–water partition coefficient (Wildman–Crippen LogP) is 3.54. The molecule has 1 rings (SSSR count). The van der Waals surface area contributed by atoms with E-state index in [-0.39, 0.29) is 36.1 Å². The van der Waals surface area contributed by atoms with Crippen molar-refractivity contribution < 1.29 is 23.9 Å². The molecule has 1 heterocycles. The summed E-state index contributed by atoms with van der Waals surface area (Å²) < 4.78 is 5.83. The van der Waals surface area contributed by atoms with Gasteiger partial charge in [-0.3, -0.25) is 19.2 Å².